The normalized spacial score (nSPS) is 12.3. The van der Waals surface area contributed by atoms with Crippen LogP contribution in [0.3, 0.4) is 0 Å². The summed E-state index contributed by atoms with van der Waals surface area (Å²) in [5, 5.41) is 22.7. The van der Waals surface area contributed by atoms with E-state index in [2.05, 4.69) is 5.32 Å². The molecule has 100 valence electrons. The largest absolute Gasteiger partial charge is 0.480 e. The van der Waals surface area contributed by atoms with Gasteiger partial charge in [-0.15, -0.1) is 11.3 Å². The van der Waals surface area contributed by atoms with Gasteiger partial charge in [0.15, 0.2) is 0 Å². The van der Waals surface area contributed by atoms with Crippen molar-refractivity contribution in [3.8, 4) is 0 Å². The van der Waals surface area contributed by atoms with Crippen molar-refractivity contribution in [3.05, 3.63) is 35.2 Å². The maximum absolute atomic E-state index is 12.1. The molecular weight excluding hydrogens is 266 g/mol. The number of fused-ring (bicyclic) bond motifs is 1. The molecule has 0 bridgehead atoms. The minimum absolute atomic E-state index is 0.0108. The van der Waals surface area contributed by atoms with E-state index in [1.807, 2.05) is 24.3 Å². The number of rotatable bonds is 5. The summed E-state index contributed by atoms with van der Waals surface area (Å²) in [5.74, 6) is -1.58. The molecule has 2 aromatic rings. The zero-order valence-corrected chi connectivity index (χ0v) is 10.8. The minimum atomic E-state index is -1.15. The van der Waals surface area contributed by atoms with E-state index in [0.29, 0.717) is 5.56 Å². The van der Waals surface area contributed by atoms with E-state index in [1.54, 1.807) is 5.38 Å². The Morgan fingerprint density at radius 3 is 2.74 bits per heavy atom. The molecule has 0 saturated heterocycles. The molecule has 1 amide bonds. The molecule has 5 nitrogen and oxygen atoms in total. The Labute approximate surface area is 113 Å². The molecule has 0 unspecified atom stereocenters. The number of nitrogens with one attached hydrogen (secondary N) is 1. The highest BCUT2D eigenvalue weighted by atomic mass is 32.1. The van der Waals surface area contributed by atoms with E-state index >= 15 is 0 Å². The minimum Gasteiger partial charge on any atom is -0.480 e. The van der Waals surface area contributed by atoms with Gasteiger partial charge in [-0.2, -0.15) is 0 Å². The fraction of sp³-hybridized carbons (Fsp3) is 0.231. The number of carbonyl (C=O) groups excluding carboxylic acids is 1. The Kier molecular flexibility index (Phi) is 4.13. The van der Waals surface area contributed by atoms with Gasteiger partial charge < -0.3 is 15.5 Å². The second kappa shape index (κ2) is 5.81. The van der Waals surface area contributed by atoms with Crippen LogP contribution in [0.4, 0.5) is 0 Å². The zero-order valence-electron chi connectivity index (χ0n) is 10.00. The predicted molar refractivity (Wildman–Crippen MR) is 72.4 cm³/mol. The van der Waals surface area contributed by atoms with Gasteiger partial charge in [-0.3, -0.25) is 4.79 Å². The first-order valence-electron chi connectivity index (χ1n) is 5.74. The molecule has 0 fully saturated rings. The molecule has 3 N–H and O–H groups in total. The molecule has 0 aliphatic carbocycles. The van der Waals surface area contributed by atoms with Gasteiger partial charge in [0.2, 0.25) is 0 Å². The van der Waals surface area contributed by atoms with Gasteiger partial charge in [0.1, 0.15) is 6.04 Å². The van der Waals surface area contributed by atoms with Gasteiger partial charge in [0.05, 0.1) is 5.56 Å². The van der Waals surface area contributed by atoms with Crippen LogP contribution in [-0.2, 0) is 4.79 Å². The number of carboxylic acid groups (broad SMARTS) is 1. The van der Waals surface area contributed by atoms with E-state index < -0.39 is 17.9 Å². The van der Waals surface area contributed by atoms with E-state index in [0.717, 1.165) is 10.1 Å². The highest BCUT2D eigenvalue weighted by Gasteiger charge is 2.21. The molecule has 1 aromatic carbocycles. The first-order valence-corrected chi connectivity index (χ1v) is 6.62. The van der Waals surface area contributed by atoms with Crippen molar-refractivity contribution in [2.45, 2.75) is 12.5 Å². The van der Waals surface area contributed by atoms with Crippen molar-refractivity contribution >= 4 is 33.3 Å². The number of carbonyl (C=O) groups is 2. The van der Waals surface area contributed by atoms with Crippen molar-refractivity contribution in [2.75, 3.05) is 6.61 Å². The smallest absolute Gasteiger partial charge is 0.326 e. The van der Waals surface area contributed by atoms with E-state index in [1.165, 1.54) is 11.3 Å². The quantitative estimate of drug-likeness (QED) is 0.773. The Bertz CT molecular complexity index is 607. The highest BCUT2D eigenvalue weighted by Crippen LogP contribution is 2.25. The van der Waals surface area contributed by atoms with Gasteiger partial charge in [-0.25, -0.2) is 4.79 Å². The van der Waals surface area contributed by atoms with Crippen LogP contribution < -0.4 is 5.32 Å². The van der Waals surface area contributed by atoms with Crippen LogP contribution in [0, 0.1) is 0 Å². The van der Waals surface area contributed by atoms with Crippen LogP contribution in [0.2, 0.25) is 0 Å². The first-order chi connectivity index (χ1) is 9.13. The summed E-state index contributed by atoms with van der Waals surface area (Å²) < 4.78 is 0.974. The first kappa shape index (κ1) is 13.5. The van der Waals surface area contributed by atoms with Gasteiger partial charge in [-0.05, 0) is 6.07 Å². The lowest BCUT2D eigenvalue weighted by molar-refractivity contribution is -0.139. The van der Waals surface area contributed by atoms with Crippen LogP contribution in [0.5, 0.6) is 0 Å². The molecule has 0 radical (unpaired) electrons. The highest BCUT2D eigenvalue weighted by molar-refractivity contribution is 7.17. The second-order valence-electron chi connectivity index (χ2n) is 4.02. The predicted octanol–water partition coefficient (Wildman–Crippen LogP) is 1.47. The number of aliphatic hydroxyl groups excluding tert-OH is 1. The molecule has 0 saturated carbocycles. The maximum Gasteiger partial charge on any atom is 0.326 e. The molecule has 1 atom stereocenters. The van der Waals surface area contributed by atoms with Crippen molar-refractivity contribution in [2.24, 2.45) is 0 Å². The third-order valence-electron chi connectivity index (χ3n) is 2.75. The molecule has 19 heavy (non-hydrogen) atoms. The molecule has 0 aliphatic heterocycles. The van der Waals surface area contributed by atoms with Crippen LogP contribution in [-0.4, -0.2) is 34.7 Å². The average Bonchev–Trinajstić information content (AvgIpc) is 2.81. The summed E-state index contributed by atoms with van der Waals surface area (Å²) in [6.07, 6.45) is -0.0108. The lowest BCUT2D eigenvalue weighted by Crippen LogP contribution is -2.41. The number of hydrogen-bond donors (Lipinski definition) is 3. The fourth-order valence-electron chi connectivity index (χ4n) is 1.78. The van der Waals surface area contributed by atoms with Gasteiger partial charge in [0, 0.05) is 28.5 Å². The monoisotopic (exact) mass is 279 g/mol. The van der Waals surface area contributed by atoms with Crippen molar-refractivity contribution in [1.82, 2.24) is 5.32 Å². The molecule has 0 spiro atoms. The number of benzene rings is 1. The van der Waals surface area contributed by atoms with E-state index in [9.17, 15) is 9.59 Å². The summed E-state index contributed by atoms with van der Waals surface area (Å²) in [6, 6.07) is 6.36. The number of thiophene rings is 1. The summed E-state index contributed by atoms with van der Waals surface area (Å²) in [4.78, 5) is 23.0. The third kappa shape index (κ3) is 2.91. The second-order valence-corrected chi connectivity index (χ2v) is 4.93. The van der Waals surface area contributed by atoms with Crippen LogP contribution >= 0.6 is 11.3 Å². The summed E-state index contributed by atoms with van der Waals surface area (Å²) in [7, 11) is 0. The number of aliphatic carboxylic acids is 1. The molecule has 6 heteroatoms. The lowest BCUT2D eigenvalue weighted by atomic mass is 10.1. The van der Waals surface area contributed by atoms with Gasteiger partial charge in [0.25, 0.3) is 5.91 Å². The molecular formula is C13H13NO4S. The SMILES string of the molecule is O=C(N[C@H](CCO)C(=O)O)c1csc2ccccc12. The topological polar surface area (TPSA) is 86.6 Å². The third-order valence-corrected chi connectivity index (χ3v) is 3.71. The summed E-state index contributed by atoms with van der Waals surface area (Å²) in [6.45, 7) is -0.290. The fourth-order valence-corrected chi connectivity index (χ4v) is 2.72. The number of amides is 1. The van der Waals surface area contributed by atoms with Crippen LogP contribution in [0.1, 0.15) is 16.8 Å². The molecule has 0 aliphatic rings. The van der Waals surface area contributed by atoms with Gasteiger partial charge >= 0.3 is 5.97 Å². The number of carboxylic acids is 1. The summed E-state index contributed by atoms with van der Waals surface area (Å²) >= 11 is 1.43. The molecule has 2 rings (SSSR count). The Hall–Kier alpha value is -1.92. The maximum atomic E-state index is 12.1. The van der Waals surface area contributed by atoms with E-state index in [-0.39, 0.29) is 13.0 Å². The number of hydrogen-bond acceptors (Lipinski definition) is 4. The summed E-state index contributed by atoms with van der Waals surface area (Å²) in [5.41, 5.74) is 0.463. The van der Waals surface area contributed by atoms with Crippen molar-refractivity contribution in [1.29, 1.82) is 0 Å². The van der Waals surface area contributed by atoms with E-state index in [4.69, 9.17) is 10.2 Å². The van der Waals surface area contributed by atoms with Crippen LogP contribution in [0.15, 0.2) is 29.6 Å². The lowest BCUT2D eigenvalue weighted by Gasteiger charge is -2.12. The zero-order chi connectivity index (χ0) is 13.8. The number of aliphatic hydroxyl groups is 1. The van der Waals surface area contributed by atoms with Crippen molar-refractivity contribution < 1.29 is 19.8 Å². The average molecular weight is 279 g/mol. The Morgan fingerprint density at radius 2 is 2.05 bits per heavy atom. The Balaban J connectivity index is 2.22. The molecule has 1 aromatic heterocycles. The van der Waals surface area contributed by atoms with Crippen molar-refractivity contribution in [3.63, 3.8) is 0 Å². The molecule has 1 heterocycles. The van der Waals surface area contributed by atoms with Gasteiger partial charge in [-0.1, -0.05) is 18.2 Å². The Morgan fingerprint density at radius 1 is 1.32 bits per heavy atom. The standard InChI is InChI=1S/C13H13NO4S/c15-6-5-10(13(17)18)14-12(16)9-7-19-11-4-2-1-3-8(9)11/h1-4,7,10,15H,5-6H2,(H,14,16)(H,17,18)/t10-/m1/s1. The van der Waals surface area contributed by atoms with Crippen LogP contribution in [0.25, 0.3) is 10.1 Å².